The van der Waals surface area contributed by atoms with Crippen LogP contribution in [0.2, 0.25) is 0 Å². The Labute approximate surface area is 187 Å². The molecule has 1 unspecified atom stereocenters. The molecule has 0 bridgehead atoms. The van der Waals surface area contributed by atoms with Crippen molar-refractivity contribution in [3.8, 4) is 5.75 Å². The van der Waals surface area contributed by atoms with E-state index in [2.05, 4.69) is 49.0 Å². The molecule has 1 aromatic carbocycles. The lowest BCUT2D eigenvalue weighted by atomic mass is 10.0. The summed E-state index contributed by atoms with van der Waals surface area (Å²) in [6, 6.07) is 8.58. The number of hydrogen-bond acceptors (Lipinski definition) is 4. The molecule has 1 N–H and O–H groups in total. The molecule has 160 valence electrons. The lowest BCUT2D eigenvalue weighted by Gasteiger charge is -2.36. The minimum atomic E-state index is 0. The first-order valence-corrected chi connectivity index (χ1v) is 10.00. The number of para-hydroxylation sites is 1. The average molecular weight is 504 g/mol. The van der Waals surface area contributed by atoms with Gasteiger partial charge in [0, 0.05) is 44.8 Å². The van der Waals surface area contributed by atoms with Crippen LogP contribution in [0.25, 0.3) is 0 Å². The molecule has 1 aromatic rings. The first-order chi connectivity index (χ1) is 13.1. The summed E-state index contributed by atoms with van der Waals surface area (Å²) in [5.41, 5.74) is 1.15. The van der Waals surface area contributed by atoms with Gasteiger partial charge in [-0.25, -0.2) is 0 Å². The SMILES string of the molecule is CCNC(=NCC(C(C)C)N1CCOCC1)N(C)Cc1ccccc1OC.I. The van der Waals surface area contributed by atoms with Crippen molar-refractivity contribution in [1.29, 1.82) is 0 Å². The number of methoxy groups -OCH3 is 1. The van der Waals surface area contributed by atoms with E-state index in [0.29, 0.717) is 12.0 Å². The first-order valence-electron chi connectivity index (χ1n) is 10.00. The second-order valence-corrected chi connectivity index (χ2v) is 7.32. The van der Waals surface area contributed by atoms with Crippen molar-refractivity contribution >= 4 is 29.9 Å². The number of nitrogens with one attached hydrogen (secondary N) is 1. The second-order valence-electron chi connectivity index (χ2n) is 7.32. The van der Waals surface area contributed by atoms with Crippen molar-refractivity contribution < 1.29 is 9.47 Å². The van der Waals surface area contributed by atoms with Gasteiger partial charge >= 0.3 is 0 Å². The zero-order valence-electron chi connectivity index (χ0n) is 18.0. The van der Waals surface area contributed by atoms with Gasteiger partial charge in [-0.2, -0.15) is 0 Å². The van der Waals surface area contributed by atoms with Crippen LogP contribution in [0.1, 0.15) is 26.3 Å². The van der Waals surface area contributed by atoms with E-state index in [1.54, 1.807) is 7.11 Å². The van der Waals surface area contributed by atoms with Crippen molar-refractivity contribution in [1.82, 2.24) is 15.1 Å². The van der Waals surface area contributed by atoms with Gasteiger partial charge in [0.2, 0.25) is 0 Å². The number of benzene rings is 1. The molecule has 1 heterocycles. The molecule has 7 heteroatoms. The van der Waals surface area contributed by atoms with E-state index in [4.69, 9.17) is 14.5 Å². The van der Waals surface area contributed by atoms with Gasteiger partial charge in [-0.15, -0.1) is 24.0 Å². The smallest absolute Gasteiger partial charge is 0.194 e. The lowest BCUT2D eigenvalue weighted by Crippen LogP contribution is -2.48. The van der Waals surface area contributed by atoms with Crippen LogP contribution in [-0.2, 0) is 11.3 Å². The van der Waals surface area contributed by atoms with Gasteiger partial charge in [0.05, 0.1) is 26.9 Å². The molecular weight excluding hydrogens is 467 g/mol. The molecule has 1 saturated heterocycles. The van der Waals surface area contributed by atoms with Crippen molar-refractivity contribution in [3.63, 3.8) is 0 Å². The Bertz CT molecular complexity index is 592. The molecule has 1 fully saturated rings. The molecule has 2 rings (SSSR count). The van der Waals surface area contributed by atoms with E-state index in [0.717, 1.165) is 63.2 Å². The number of nitrogens with zero attached hydrogens (tertiary/aromatic N) is 3. The third kappa shape index (κ3) is 7.40. The maximum Gasteiger partial charge on any atom is 0.194 e. The quantitative estimate of drug-likeness (QED) is 0.335. The van der Waals surface area contributed by atoms with Crippen molar-refractivity contribution in [2.75, 3.05) is 53.6 Å². The molecule has 28 heavy (non-hydrogen) atoms. The Morgan fingerprint density at radius 1 is 1.29 bits per heavy atom. The van der Waals surface area contributed by atoms with Gasteiger partial charge in [-0.3, -0.25) is 9.89 Å². The summed E-state index contributed by atoms with van der Waals surface area (Å²) in [5.74, 6) is 2.39. The Balaban J connectivity index is 0.00000392. The van der Waals surface area contributed by atoms with Crippen LogP contribution in [0.4, 0.5) is 0 Å². The molecule has 1 aliphatic heterocycles. The van der Waals surface area contributed by atoms with Crippen LogP contribution < -0.4 is 10.1 Å². The maximum absolute atomic E-state index is 5.51. The molecule has 0 spiro atoms. The predicted molar refractivity (Wildman–Crippen MR) is 127 cm³/mol. The third-order valence-corrected chi connectivity index (χ3v) is 5.01. The highest BCUT2D eigenvalue weighted by molar-refractivity contribution is 14.0. The summed E-state index contributed by atoms with van der Waals surface area (Å²) in [6.45, 7) is 12.7. The Kier molecular flexibility index (Phi) is 11.8. The summed E-state index contributed by atoms with van der Waals surface area (Å²) in [4.78, 5) is 9.65. The zero-order chi connectivity index (χ0) is 19.6. The maximum atomic E-state index is 5.51. The number of aliphatic imine (C=N–C) groups is 1. The summed E-state index contributed by atoms with van der Waals surface area (Å²) >= 11 is 0. The van der Waals surface area contributed by atoms with Gasteiger partial charge in [0.15, 0.2) is 5.96 Å². The minimum absolute atomic E-state index is 0. The molecule has 6 nitrogen and oxygen atoms in total. The van der Waals surface area contributed by atoms with E-state index in [-0.39, 0.29) is 24.0 Å². The molecule has 0 radical (unpaired) electrons. The highest BCUT2D eigenvalue weighted by Crippen LogP contribution is 2.19. The van der Waals surface area contributed by atoms with Crippen LogP contribution in [0.5, 0.6) is 5.75 Å². The van der Waals surface area contributed by atoms with Gasteiger partial charge in [0.25, 0.3) is 0 Å². The van der Waals surface area contributed by atoms with Gasteiger partial charge in [-0.05, 0) is 18.9 Å². The number of rotatable bonds is 8. The fourth-order valence-corrected chi connectivity index (χ4v) is 3.47. The van der Waals surface area contributed by atoms with Gasteiger partial charge in [0.1, 0.15) is 5.75 Å². The highest BCUT2D eigenvalue weighted by Gasteiger charge is 2.24. The normalized spacial score (nSPS) is 16.4. The summed E-state index contributed by atoms with van der Waals surface area (Å²) in [6.07, 6.45) is 0. The van der Waals surface area contributed by atoms with Crippen LogP contribution in [0.15, 0.2) is 29.3 Å². The second kappa shape index (κ2) is 13.2. The fourth-order valence-electron chi connectivity index (χ4n) is 3.47. The van der Waals surface area contributed by atoms with Crippen LogP contribution in [-0.4, -0.2) is 75.4 Å². The summed E-state index contributed by atoms with van der Waals surface area (Å²) in [7, 11) is 3.79. The minimum Gasteiger partial charge on any atom is -0.496 e. The van der Waals surface area contributed by atoms with Crippen LogP contribution in [0.3, 0.4) is 0 Å². The average Bonchev–Trinajstić information content (AvgIpc) is 2.68. The van der Waals surface area contributed by atoms with Crippen LogP contribution >= 0.6 is 24.0 Å². The van der Waals surface area contributed by atoms with E-state index in [1.807, 2.05) is 18.2 Å². The highest BCUT2D eigenvalue weighted by atomic mass is 127. The standard InChI is InChI=1S/C21H36N4O2.HI/c1-6-22-21(24(4)16-18-9-7-8-10-20(18)26-5)23-15-19(17(2)3)25-11-13-27-14-12-25;/h7-10,17,19H,6,11-16H2,1-5H3,(H,22,23);1H. The Hall–Kier alpha value is -1.06. The van der Waals surface area contributed by atoms with E-state index in [1.165, 1.54) is 0 Å². The summed E-state index contributed by atoms with van der Waals surface area (Å²) < 4.78 is 11.0. The Morgan fingerprint density at radius 2 is 1.96 bits per heavy atom. The molecule has 1 aliphatic rings. The Morgan fingerprint density at radius 3 is 2.57 bits per heavy atom. The molecule has 0 amide bonds. The number of hydrogen-bond donors (Lipinski definition) is 1. The topological polar surface area (TPSA) is 49.3 Å². The monoisotopic (exact) mass is 504 g/mol. The zero-order valence-corrected chi connectivity index (χ0v) is 20.3. The van der Waals surface area contributed by atoms with Gasteiger partial charge in [-0.1, -0.05) is 32.0 Å². The number of guanidine groups is 1. The van der Waals surface area contributed by atoms with Crippen molar-refractivity contribution in [2.45, 2.75) is 33.4 Å². The molecule has 0 saturated carbocycles. The molecule has 0 aromatic heterocycles. The molecule has 1 atom stereocenters. The van der Waals surface area contributed by atoms with E-state index < -0.39 is 0 Å². The number of halogens is 1. The third-order valence-electron chi connectivity index (χ3n) is 5.01. The number of morpholine rings is 1. The largest absolute Gasteiger partial charge is 0.496 e. The van der Waals surface area contributed by atoms with Crippen molar-refractivity contribution in [3.05, 3.63) is 29.8 Å². The predicted octanol–water partition coefficient (Wildman–Crippen LogP) is 3.07. The van der Waals surface area contributed by atoms with Gasteiger partial charge < -0.3 is 19.7 Å². The number of ether oxygens (including phenoxy) is 2. The van der Waals surface area contributed by atoms with Crippen molar-refractivity contribution in [2.24, 2.45) is 10.9 Å². The van der Waals surface area contributed by atoms with E-state index >= 15 is 0 Å². The van der Waals surface area contributed by atoms with E-state index in [9.17, 15) is 0 Å². The lowest BCUT2D eigenvalue weighted by molar-refractivity contribution is 0.00863. The summed E-state index contributed by atoms with van der Waals surface area (Å²) in [5, 5.41) is 3.43. The van der Waals surface area contributed by atoms with Crippen LogP contribution in [0, 0.1) is 5.92 Å². The molecule has 0 aliphatic carbocycles. The first kappa shape index (κ1) is 25.0. The molecular formula is C21H37IN4O2. The fraction of sp³-hybridized carbons (Fsp3) is 0.667.